The fraction of sp³-hybridized carbons (Fsp3) is 0.0952. The van der Waals surface area contributed by atoms with Crippen LogP contribution in [0, 0.1) is 0 Å². The lowest BCUT2D eigenvalue weighted by Crippen LogP contribution is -2.01. The molecule has 5 nitrogen and oxygen atoms in total. The lowest BCUT2D eigenvalue weighted by molar-refractivity contribution is 0.745. The molecule has 0 radical (unpaired) electrons. The number of H-pyrrole nitrogens is 1. The molecular formula is C21H17N5. The fourth-order valence-electron chi connectivity index (χ4n) is 3.60. The minimum atomic E-state index is 0.619. The van der Waals surface area contributed by atoms with Gasteiger partial charge in [0.05, 0.1) is 0 Å². The third-order valence-corrected chi connectivity index (χ3v) is 4.84. The van der Waals surface area contributed by atoms with Crippen molar-refractivity contribution in [1.29, 1.82) is 0 Å². The molecule has 5 rings (SSSR count). The summed E-state index contributed by atoms with van der Waals surface area (Å²) >= 11 is 0. The van der Waals surface area contributed by atoms with Gasteiger partial charge in [0, 0.05) is 33.9 Å². The highest BCUT2D eigenvalue weighted by molar-refractivity contribution is 6.09. The summed E-state index contributed by atoms with van der Waals surface area (Å²) in [6.07, 6.45) is 1.00. The van der Waals surface area contributed by atoms with Crippen LogP contribution in [0.5, 0.6) is 0 Å². The zero-order valence-electron chi connectivity index (χ0n) is 14.1. The predicted octanol–water partition coefficient (Wildman–Crippen LogP) is 4.22. The number of para-hydroxylation sites is 1. The molecule has 126 valence electrons. The van der Waals surface area contributed by atoms with Crippen molar-refractivity contribution < 1.29 is 0 Å². The van der Waals surface area contributed by atoms with E-state index in [4.69, 9.17) is 0 Å². The molecule has 0 atom stereocenters. The van der Waals surface area contributed by atoms with E-state index >= 15 is 0 Å². The van der Waals surface area contributed by atoms with Crippen LogP contribution in [0.2, 0.25) is 0 Å². The molecule has 2 heterocycles. The molecule has 2 aromatic heterocycles. The fourth-order valence-corrected chi connectivity index (χ4v) is 3.60. The number of hydrogen-bond donors (Lipinski definition) is 1. The van der Waals surface area contributed by atoms with Gasteiger partial charge >= 0.3 is 0 Å². The zero-order chi connectivity index (χ0) is 17.3. The van der Waals surface area contributed by atoms with E-state index in [9.17, 15) is 0 Å². The van der Waals surface area contributed by atoms with Crippen LogP contribution in [0.1, 0.15) is 5.56 Å². The van der Waals surface area contributed by atoms with Gasteiger partial charge in [0.15, 0.2) is 0 Å². The molecule has 5 aromatic rings. The first-order valence-electron chi connectivity index (χ1n) is 8.69. The Morgan fingerprint density at radius 2 is 1.62 bits per heavy atom. The molecule has 0 aliphatic carbocycles. The summed E-state index contributed by atoms with van der Waals surface area (Å²) in [4.78, 5) is 0. The molecule has 0 aliphatic rings. The van der Waals surface area contributed by atoms with E-state index in [0.29, 0.717) is 5.82 Å². The van der Waals surface area contributed by atoms with Crippen molar-refractivity contribution in [1.82, 2.24) is 25.2 Å². The lowest BCUT2D eigenvalue weighted by Gasteiger charge is -2.08. The summed E-state index contributed by atoms with van der Waals surface area (Å²) in [6, 6.07) is 25.5. The summed E-state index contributed by atoms with van der Waals surface area (Å²) in [6.45, 7) is 0.940. The van der Waals surface area contributed by atoms with E-state index in [2.05, 4.69) is 98.0 Å². The van der Waals surface area contributed by atoms with E-state index < -0.39 is 0 Å². The molecule has 0 saturated carbocycles. The topological polar surface area (TPSA) is 59.4 Å². The Balaban J connectivity index is 1.64. The van der Waals surface area contributed by atoms with Crippen molar-refractivity contribution in [2.45, 2.75) is 13.0 Å². The number of tetrazole rings is 1. The quantitative estimate of drug-likeness (QED) is 0.533. The number of rotatable bonds is 4. The number of aromatic nitrogens is 5. The maximum atomic E-state index is 4.10. The Labute approximate surface area is 150 Å². The lowest BCUT2D eigenvalue weighted by atomic mass is 10.1. The van der Waals surface area contributed by atoms with Gasteiger partial charge in [0.1, 0.15) is 0 Å². The predicted molar refractivity (Wildman–Crippen MR) is 103 cm³/mol. The van der Waals surface area contributed by atoms with Gasteiger partial charge < -0.3 is 4.57 Å². The van der Waals surface area contributed by atoms with Crippen LogP contribution in [0.25, 0.3) is 33.2 Å². The summed E-state index contributed by atoms with van der Waals surface area (Å²) in [5.41, 5.74) is 4.80. The summed E-state index contributed by atoms with van der Waals surface area (Å²) in [5, 5.41) is 16.9. The second kappa shape index (κ2) is 6.11. The first kappa shape index (κ1) is 14.8. The van der Waals surface area contributed by atoms with E-state index in [0.717, 1.165) is 18.5 Å². The number of nitrogens with zero attached hydrogens (tertiary/aromatic N) is 4. The average molecular weight is 339 g/mol. The van der Waals surface area contributed by atoms with Crippen LogP contribution in [-0.4, -0.2) is 25.2 Å². The van der Waals surface area contributed by atoms with Gasteiger partial charge in [-0.3, -0.25) is 0 Å². The monoisotopic (exact) mass is 339 g/mol. The normalized spacial score (nSPS) is 11.4. The summed E-state index contributed by atoms with van der Waals surface area (Å²) in [7, 11) is 0. The van der Waals surface area contributed by atoms with Gasteiger partial charge in [-0.05, 0) is 41.5 Å². The first-order chi connectivity index (χ1) is 12.9. The number of aromatic amines is 1. The van der Waals surface area contributed by atoms with Crippen molar-refractivity contribution in [2.75, 3.05) is 0 Å². The van der Waals surface area contributed by atoms with Crippen molar-refractivity contribution in [3.8, 4) is 11.4 Å². The third kappa shape index (κ3) is 2.45. The van der Waals surface area contributed by atoms with E-state index in [1.807, 2.05) is 0 Å². The maximum absolute atomic E-state index is 4.10. The van der Waals surface area contributed by atoms with Crippen LogP contribution in [0.4, 0.5) is 0 Å². The molecule has 26 heavy (non-hydrogen) atoms. The van der Waals surface area contributed by atoms with E-state index in [1.54, 1.807) is 0 Å². The Morgan fingerprint density at radius 1 is 0.808 bits per heavy atom. The van der Waals surface area contributed by atoms with Gasteiger partial charge in [-0.1, -0.05) is 48.5 Å². The standard InChI is InChI=1S/C21H17N5/c1-2-6-15(7-3-1)12-13-26-19-9-5-4-8-17(19)18-14-16(10-11-20(18)26)21-22-24-25-23-21/h1-11,14H,12-13H2,(H,22,23,24,25). The highest BCUT2D eigenvalue weighted by Gasteiger charge is 2.12. The zero-order valence-corrected chi connectivity index (χ0v) is 14.1. The molecule has 1 N–H and O–H groups in total. The van der Waals surface area contributed by atoms with Crippen molar-refractivity contribution in [2.24, 2.45) is 0 Å². The Morgan fingerprint density at radius 3 is 2.46 bits per heavy atom. The van der Waals surface area contributed by atoms with E-state index in [-0.39, 0.29) is 0 Å². The van der Waals surface area contributed by atoms with Crippen molar-refractivity contribution in [3.63, 3.8) is 0 Å². The van der Waals surface area contributed by atoms with Gasteiger partial charge in [0.25, 0.3) is 0 Å². The van der Waals surface area contributed by atoms with Gasteiger partial charge in [0.2, 0.25) is 5.82 Å². The van der Waals surface area contributed by atoms with Gasteiger partial charge in [-0.25, -0.2) is 0 Å². The molecule has 0 bridgehead atoms. The smallest absolute Gasteiger partial charge is 0.204 e. The molecule has 0 amide bonds. The highest BCUT2D eigenvalue weighted by atomic mass is 15.5. The average Bonchev–Trinajstić information content (AvgIpc) is 3.34. The van der Waals surface area contributed by atoms with Crippen LogP contribution >= 0.6 is 0 Å². The summed E-state index contributed by atoms with van der Waals surface area (Å²) in [5.74, 6) is 0.619. The van der Waals surface area contributed by atoms with Crippen LogP contribution < -0.4 is 0 Å². The van der Waals surface area contributed by atoms with Gasteiger partial charge in [-0.2, -0.15) is 5.21 Å². The minimum absolute atomic E-state index is 0.619. The molecule has 0 fully saturated rings. The molecule has 0 saturated heterocycles. The number of aryl methyl sites for hydroxylation is 2. The van der Waals surface area contributed by atoms with Crippen LogP contribution in [0.3, 0.4) is 0 Å². The molecule has 0 aliphatic heterocycles. The molecule has 0 spiro atoms. The van der Waals surface area contributed by atoms with Crippen LogP contribution in [-0.2, 0) is 13.0 Å². The molecule has 5 heteroatoms. The Bertz CT molecular complexity index is 1170. The second-order valence-corrected chi connectivity index (χ2v) is 6.37. The number of hydrogen-bond acceptors (Lipinski definition) is 3. The van der Waals surface area contributed by atoms with Crippen molar-refractivity contribution in [3.05, 3.63) is 78.4 Å². The van der Waals surface area contributed by atoms with E-state index in [1.165, 1.54) is 27.4 Å². The van der Waals surface area contributed by atoms with Crippen molar-refractivity contribution >= 4 is 21.8 Å². The molecule has 3 aromatic carbocycles. The number of nitrogens with one attached hydrogen (secondary N) is 1. The Kier molecular flexibility index (Phi) is 3.49. The molecular weight excluding hydrogens is 322 g/mol. The minimum Gasteiger partial charge on any atom is -0.340 e. The summed E-state index contributed by atoms with van der Waals surface area (Å²) < 4.78 is 2.40. The van der Waals surface area contributed by atoms with Gasteiger partial charge in [-0.15, -0.1) is 10.2 Å². The van der Waals surface area contributed by atoms with Crippen LogP contribution in [0.15, 0.2) is 72.8 Å². The first-order valence-corrected chi connectivity index (χ1v) is 8.69. The number of fused-ring (bicyclic) bond motifs is 3. The second-order valence-electron chi connectivity index (χ2n) is 6.37. The maximum Gasteiger partial charge on any atom is 0.204 e. The molecule has 0 unspecified atom stereocenters. The number of benzene rings is 3. The Hall–Kier alpha value is -3.47. The SMILES string of the molecule is c1ccc(CCn2c3ccccc3c3cc(-c4nn[nH]n4)ccc32)cc1. The highest BCUT2D eigenvalue weighted by Crippen LogP contribution is 2.31. The largest absolute Gasteiger partial charge is 0.340 e. The third-order valence-electron chi connectivity index (χ3n) is 4.84.